The highest BCUT2D eigenvalue weighted by molar-refractivity contribution is 5.94. The molecule has 2 N–H and O–H groups in total. The molecule has 0 fully saturated rings. The fourth-order valence-electron chi connectivity index (χ4n) is 2.00. The van der Waals surface area contributed by atoms with Gasteiger partial charge in [-0.2, -0.15) is 0 Å². The van der Waals surface area contributed by atoms with Crippen LogP contribution in [0, 0.1) is 6.92 Å². The Bertz CT molecular complexity index is 689. The van der Waals surface area contributed by atoms with Crippen molar-refractivity contribution in [1.82, 2.24) is 10.3 Å². The lowest BCUT2D eigenvalue weighted by molar-refractivity contribution is 0.0938. The molecule has 2 aromatic rings. The lowest BCUT2D eigenvalue weighted by Crippen LogP contribution is -2.30. The third kappa shape index (κ3) is 3.51. The van der Waals surface area contributed by atoms with Crippen molar-refractivity contribution in [3.63, 3.8) is 0 Å². The lowest BCUT2D eigenvalue weighted by atomic mass is 10.1. The zero-order valence-corrected chi connectivity index (χ0v) is 12.3. The van der Waals surface area contributed by atoms with Crippen LogP contribution in [-0.2, 0) is 0 Å². The monoisotopic (exact) mass is 286 g/mol. The van der Waals surface area contributed by atoms with E-state index in [4.69, 9.17) is 4.74 Å². The average Bonchev–Trinajstić information content (AvgIpc) is 2.47. The van der Waals surface area contributed by atoms with Gasteiger partial charge in [-0.25, -0.2) is 0 Å². The van der Waals surface area contributed by atoms with Crippen LogP contribution < -0.4 is 15.5 Å². The Morgan fingerprint density at radius 3 is 2.52 bits per heavy atom. The molecule has 0 radical (unpaired) electrons. The van der Waals surface area contributed by atoms with Gasteiger partial charge in [0.15, 0.2) is 5.43 Å². The van der Waals surface area contributed by atoms with E-state index < -0.39 is 0 Å². The van der Waals surface area contributed by atoms with Crippen LogP contribution in [0.4, 0.5) is 0 Å². The van der Waals surface area contributed by atoms with E-state index in [-0.39, 0.29) is 22.9 Å². The van der Waals surface area contributed by atoms with E-state index in [0.29, 0.717) is 0 Å². The summed E-state index contributed by atoms with van der Waals surface area (Å²) in [5.41, 5.74) is 1.49. The van der Waals surface area contributed by atoms with Crippen LogP contribution in [0.1, 0.15) is 34.6 Å². The number of hydrogen-bond acceptors (Lipinski definition) is 3. The minimum Gasteiger partial charge on any atom is -0.497 e. The smallest absolute Gasteiger partial charge is 0.257 e. The molecule has 0 spiro atoms. The van der Waals surface area contributed by atoms with Crippen molar-refractivity contribution in [2.24, 2.45) is 0 Å². The van der Waals surface area contributed by atoms with Gasteiger partial charge in [0.1, 0.15) is 11.3 Å². The van der Waals surface area contributed by atoms with Crippen molar-refractivity contribution < 1.29 is 9.53 Å². The van der Waals surface area contributed by atoms with Gasteiger partial charge in [0, 0.05) is 18.0 Å². The molecule has 1 heterocycles. The first-order valence-corrected chi connectivity index (χ1v) is 6.65. The van der Waals surface area contributed by atoms with E-state index in [1.807, 2.05) is 31.2 Å². The first kappa shape index (κ1) is 14.8. The van der Waals surface area contributed by atoms with Gasteiger partial charge >= 0.3 is 0 Å². The van der Waals surface area contributed by atoms with Gasteiger partial charge in [0.05, 0.1) is 13.2 Å². The lowest BCUT2D eigenvalue weighted by Gasteiger charge is -2.14. The van der Waals surface area contributed by atoms with Crippen LogP contribution in [0.25, 0.3) is 0 Å². The van der Waals surface area contributed by atoms with Gasteiger partial charge in [0.25, 0.3) is 5.91 Å². The van der Waals surface area contributed by atoms with Crippen LogP contribution in [-0.4, -0.2) is 18.0 Å². The quantitative estimate of drug-likeness (QED) is 0.905. The first-order chi connectivity index (χ1) is 10.0. The molecular formula is C16H18N2O3. The Hall–Kier alpha value is -2.56. The Labute approximate surface area is 123 Å². The Balaban J connectivity index is 2.12. The van der Waals surface area contributed by atoms with Crippen LogP contribution in [0.15, 0.2) is 41.3 Å². The maximum Gasteiger partial charge on any atom is 0.257 e. The predicted molar refractivity (Wildman–Crippen MR) is 80.7 cm³/mol. The molecule has 1 amide bonds. The normalized spacial score (nSPS) is 11.8. The second-order valence-corrected chi connectivity index (χ2v) is 4.86. The Morgan fingerprint density at radius 1 is 1.29 bits per heavy atom. The van der Waals surface area contributed by atoms with Crippen LogP contribution >= 0.6 is 0 Å². The fourth-order valence-corrected chi connectivity index (χ4v) is 2.00. The number of pyridine rings is 1. The summed E-state index contributed by atoms with van der Waals surface area (Å²) in [5.74, 6) is 0.367. The summed E-state index contributed by atoms with van der Waals surface area (Å²) in [6.07, 6.45) is 1.44. The summed E-state index contributed by atoms with van der Waals surface area (Å²) in [6, 6.07) is 8.62. The van der Waals surface area contributed by atoms with E-state index in [2.05, 4.69) is 10.3 Å². The van der Waals surface area contributed by atoms with E-state index in [1.165, 1.54) is 12.3 Å². The van der Waals surface area contributed by atoms with E-state index in [0.717, 1.165) is 17.0 Å². The highest BCUT2D eigenvalue weighted by Gasteiger charge is 2.14. The number of aryl methyl sites for hydroxylation is 1. The minimum absolute atomic E-state index is 0.112. The summed E-state index contributed by atoms with van der Waals surface area (Å²) < 4.78 is 5.09. The van der Waals surface area contributed by atoms with Crippen molar-refractivity contribution in [3.8, 4) is 5.75 Å². The Morgan fingerprint density at radius 2 is 1.95 bits per heavy atom. The molecule has 1 atom stereocenters. The summed E-state index contributed by atoms with van der Waals surface area (Å²) in [7, 11) is 1.60. The molecule has 0 saturated carbocycles. The van der Waals surface area contributed by atoms with Crippen LogP contribution in [0.2, 0.25) is 0 Å². The number of benzene rings is 1. The standard InChI is InChI=1S/C16H18N2O3/c1-10-8-15(19)14(9-17-10)16(20)18-11(2)12-4-6-13(21-3)7-5-12/h4-9,11H,1-3H3,(H,17,19)(H,18,20). The molecule has 21 heavy (non-hydrogen) atoms. The fraction of sp³-hybridized carbons (Fsp3) is 0.250. The van der Waals surface area contributed by atoms with Gasteiger partial charge < -0.3 is 15.0 Å². The molecule has 5 heteroatoms. The van der Waals surface area contributed by atoms with Gasteiger partial charge in [-0.3, -0.25) is 9.59 Å². The molecule has 0 aliphatic carbocycles. The molecule has 1 aromatic carbocycles. The zero-order chi connectivity index (χ0) is 15.4. The molecule has 0 aliphatic heterocycles. The molecule has 0 aliphatic rings. The summed E-state index contributed by atoms with van der Waals surface area (Å²) >= 11 is 0. The van der Waals surface area contributed by atoms with Crippen LogP contribution in [0.5, 0.6) is 5.75 Å². The third-order valence-electron chi connectivity index (χ3n) is 3.27. The van der Waals surface area contributed by atoms with E-state index >= 15 is 0 Å². The van der Waals surface area contributed by atoms with Crippen molar-refractivity contribution in [2.45, 2.75) is 19.9 Å². The maximum atomic E-state index is 12.1. The molecule has 1 unspecified atom stereocenters. The van der Waals surface area contributed by atoms with Crippen LogP contribution in [0.3, 0.4) is 0 Å². The minimum atomic E-state index is -0.389. The first-order valence-electron chi connectivity index (χ1n) is 6.65. The molecule has 1 aromatic heterocycles. The predicted octanol–water partition coefficient (Wildman–Crippen LogP) is 2.18. The number of carbonyl (C=O) groups is 1. The molecule has 0 saturated heterocycles. The van der Waals surface area contributed by atoms with Crippen molar-refractivity contribution in [3.05, 3.63) is 63.6 Å². The molecule has 0 bridgehead atoms. The highest BCUT2D eigenvalue weighted by Crippen LogP contribution is 2.17. The van der Waals surface area contributed by atoms with Crippen molar-refractivity contribution >= 4 is 5.91 Å². The highest BCUT2D eigenvalue weighted by atomic mass is 16.5. The summed E-state index contributed by atoms with van der Waals surface area (Å²) in [5, 5.41) is 2.81. The topological polar surface area (TPSA) is 71.2 Å². The number of rotatable bonds is 4. The number of methoxy groups -OCH3 is 1. The maximum absolute atomic E-state index is 12.1. The number of carbonyl (C=O) groups excluding carboxylic acids is 1. The second-order valence-electron chi connectivity index (χ2n) is 4.86. The largest absolute Gasteiger partial charge is 0.497 e. The molecule has 5 nitrogen and oxygen atoms in total. The van der Waals surface area contributed by atoms with Gasteiger partial charge in [-0.05, 0) is 31.5 Å². The molecular weight excluding hydrogens is 268 g/mol. The Kier molecular flexibility index (Phi) is 4.42. The van der Waals surface area contributed by atoms with E-state index in [1.54, 1.807) is 14.0 Å². The second kappa shape index (κ2) is 6.26. The SMILES string of the molecule is COc1ccc(C(C)NC(=O)c2c[nH]c(C)cc2=O)cc1. The number of aromatic amines is 1. The average molecular weight is 286 g/mol. The molecule has 2 rings (SSSR count). The number of ether oxygens (including phenoxy) is 1. The van der Waals surface area contributed by atoms with Gasteiger partial charge in [-0.15, -0.1) is 0 Å². The summed E-state index contributed by atoms with van der Waals surface area (Å²) in [6.45, 7) is 3.63. The number of H-pyrrole nitrogens is 1. The van der Waals surface area contributed by atoms with E-state index in [9.17, 15) is 9.59 Å². The third-order valence-corrected chi connectivity index (χ3v) is 3.27. The van der Waals surface area contributed by atoms with Crippen molar-refractivity contribution in [1.29, 1.82) is 0 Å². The molecule has 110 valence electrons. The van der Waals surface area contributed by atoms with Gasteiger partial charge in [-0.1, -0.05) is 12.1 Å². The van der Waals surface area contributed by atoms with Crippen molar-refractivity contribution in [2.75, 3.05) is 7.11 Å². The zero-order valence-electron chi connectivity index (χ0n) is 12.3. The van der Waals surface area contributed by atoms with Gasteiger partial charge in [0.2, 0.25) is 0 Å². The number of aromatic nitrogens is 1. The number of nitrogens with one attached hydrogen (secondary N) is 2. The summed E-state index contributed by atoms with van der Waals surface area (Å²) in [4.78, 5) is 26.8. The number of amides is 1. The number of hydrogen-bond donors (Lipinski definition) is 2.